The molecule has 2 nitrogen and oxygen atoms in total. The predicted molar refractivity (Wildman–Crippen MR) is 62.1 cm³/mol. The van der Waals surface area contributed by atoms with E-state index in [1.165, 1.54) is 18.2 Å². The number of hydrogen-bond acceptors (Lipinski definition) is 2. The summed E-state index contributed by atoms with van der Waals surface area (Å²) in [4.78, 5) is 7.53. The van der Waals surface area contributed by atoms with Crippen LogP contribution in [0, 0.1) is 18.6 Å². The minimum Gasteiger partial charge on any atom is -0.213 e. The highest BCUT2D eigenvalue weighted by Gasteiger charge is 2.13. The van der Waals surface area contributed by atoms with Gasteiger partial charge < -0.3 is 0 Å². The maximum atomic E-state index is 13.1. The lowest BCUT2D eigenvalue weighted by molar-refractivity contribution is 0.615. The lowest BCUT2D eigenvalue weighted by atomic mass is 10.1. The fraction of sp³-hybridized carbons (Fsp3) is 0.0909. The molecule has 2 aromatic rings. The number of benzene rings is 1. The van der Waals surface area contributed by atoms with Crippen LogP contribution in [0.4, 0.5) is 8.78 Å². The minimum atomic E-state index is -0.864. The van der Waals surface area contributed by atoms with Gasteiger partial charge in [0.25, 0.3) is 0 Å². The van der Waals surface area contributed by atoms with Gasteiger partial charge in [-0.1, -0.05) is 23.2 Å². The molecular formula is C11H6Cl2F2N2. The third-order valence-electron chi connectivity index (χ3n) is 2.20. The summed E-state index contributed by atoms with van der Waals surface area (Å²) in [5.41, 5.74) is 1.17. The van der Waals surface area contributed by atoms with Crippen LogP contribution < -0.4 is 0 Å². The summed E-state index contributed by atoms with van der Waals surface area (Å²) >= 11 is 11.1. The van der Waals surface area contributed by atoms with E-state index in [1.54, 1.807) is 6.92 Å². The highest BCUT2D eigenvalue weighted by atomic mass is 35.5. The minimum absolute atomic E-state index is 0.166. The molecule has 0 amide bonds. The van der Waals surface area contributed by atoms with Gasteiger partial charge in [0, 0.05) is 5.56 Å². The molecule has 1 aromatic carbocycles. The third kappa shape index (κ3) is 2.37. The molecule has 6 heteroatoms. The monoisotopic (exact) mass is 274 g/mol. The van der Waals surface area contributed by atoms with E-state index in [2.05, 4.69) is 9.97 Å². The number of halogens is 4. The summed E-state index contributed by atoms with van der Waals surface area (Å²) in [5, 5.41) is -0.715. The standard InChI is InChI=1S/C11H6Cl2F2N2/c1-5-4-6(14)2-3-7(5)11-16-9(12)8(15)10(13)17-11/h2-4H,1H3. The van der Waals surface area contributed by atoms with Gasteiger partial charge in [-0.15, -0.1) is 0 Å². The molecule has 0 saturated carbocycles. The number of aryl methyl sites for hydroxylation is 1. The van der Waals surface area contributed by atoms with Crippen LogP contribution >= 0.6 is 23.2 Å². The highest BCUT2D eigenvalue weighted by molar-refractivity contribution is 6.33. The fourth-order valence-corrected chi connectivity index (χ4v) is 1.78. The Bertz CT molecular complexity index is 565. The van der Waals surface area contributed by atoms with Crippen molar-refractivity contribution in [2.24, 2.45) is 0 Å². The maximum Gasteiger partial charge on any atom is 0.197 e. The van der Waals surface area contributed by atoms with Crippen LogP contribution in [-0.2, 0) is 0 Å². The van der Waals surface area contributed by atoms with Crippen LogP contribution in [0.25, 0.3) is 11.4 Å². The number of rotatable bonds is 1. The molecule has 0 spiro atoms. The van der Waals surface area contributed by atoms with Crippen molar-refractivity contribution in [1.82, 2.24) is 9.97 Å². The summed E-state index contributed by atoms with van der Waals surface area (Å²) in [6.45, 7) is 1.69. The molecule has 17 heavy (non-hydrogen) atoms. The van der Waals surface area contributed by atoms with Gasteiger partial charge in [0.05, 0.1) is 0 Å². The van der Waals surface area contributed by atoms with Crippen molar-refractivity contribution in [3.63, 3.8) is 0 Å². The van der Waals surface area contributed by atoms with Crippen molar-refractivity contribution < 1.29 is 8.78 Å². The molecule has 0 aliphatic carbocycles. The summed E-state index contributed by atoms with van der Waals surface area (Å²) in [6, 6.07) is 4.07. The summed E-state index contributed by atoms with van der Waals surface area (Å²) < 4.78 is 26.1. The van der Waals surface area contributed by atoms with Crippen molar-refractivity contribution in [2.75, 3.05) is 0 Å². The number of hydrogen-bond donors (Lipinski definition) is 0. The van der Waals surface area contributed by atoms with Gasteiger partial charge in [-0.2, -0.15) is 0 Å². The van der Waals surface area contributed by atoms with Crippen LogP contribution in [0.3, 0.4) is 0 Å². The van der Waals surface area contributed by atoms with E-state index in [0.29, 0.717) is 11.1 Å². The maximum absolute atomic E-state index is 13.1. The second kappa shape index (κ2) is 4.55. The molecular weight excluding hydrogens is 269 g/mol. The van der Waals surface area contributed by atoms with Gasteiger partial charge in [-0.3, -0.25) is 0 Å². The lowest BCUT2D eigenvalue weighted by Gasteiger charge is -2.06. The molecule has 2 rings (SSSR count). The van der Waals surface area contributed by atoms with E-state index < -0.39 is 5.82 Å². The first-order valence-electron chi connectivity index (χ1n) is 4.64. The van der Waals surface area contributed by atoms with E-state index >= 15 is 0 Å². The van der Waals surface area contributed by atoms with Crippen LogP contribution in [0.5, 0.6) is 0 Å². The zero-order chi connectivity index (χ0) is 12.6. The zero-order valence-corrected chi connectivity index (χ0v) is 10.2. The Morgan fingerprint density at radius 3 is 2.18 bits per heavy atom. The van der Waals surface area contributed by atoms with Gasteiger partial charge in [-0.25, -0.2) is 18.7 Å². The molecule has 0 bridgehead atoms. The first-order valence-corrected chi connectivity index (χ1v) is 5.39. The molecule has 0 aliphatic heterocycles. The van der Waals surface area contributed by atoms with E-state index in [0.717, 1.165) is 0 Å². The summed E-state index contributed by atoms with van der Waals surface area (Å²) in [5.74, 6) is -1.07. The second-order valence-electron chi connectivity index (χ2n) is 3.40. The SMILES string of the molecule is Cc1cc(F)ccc1-c1nc(Cl)c(F)c(Cl)n1. The number of aromatic nitrogens is 2. The van der Waals surface area contributed by atoms with Crippen molar-refractivity contribution >= 4 is 23.2 Å². The average Bonchev–Trinajstić information content (AvgIpc) is 2.25. The van der Waals surface area contributed by atoms with Gasteiger partial charge >= 0.3 is 0 Å². The van der Waals surface area contributed by atoms with E-state index in [4.69, 9.17) is 23.2 Å². The molecule has 1 heterocycles. The van der Waals surface area contributed by atoms with E-state index in [1.807, 2.05) is 0 Å². The average molecular weight is 275 g/mol. The second-order valence-corrected chi connectivity index (χ2v) is 4.12. The Kier molecular flexibility index (Phi) is 3.26. The molecule has 0 aliphatic rings. The largest absolute Gasteiger partial charge is 0.213 e. The first kappa shape index (κ1) is 12.2. The van der Waals surface area contributed by atoms with Crippen LogP contribution in [0.2, 0.25) is 10.3 Å². The lowest BCUT2D eigenvalue weighted by Crippen LogP contribution is -1.96. The van der Waals surface area contributed by atoms with Gasteiger partial charge in [0.15, 0.2) is 21.9 Å². The summed E-state index contributed by atoms with van der Waals surface area (Å²) in [6.07, 6.45) is 0. The van der Waals surface area contributed by atoms with Crippen molar-refractivity contribution in [3.8, 4) is 11.4 Å². The molecule has 0 unspecified atom stereocenters. The third-order valence-corrected chi connectivity index (χ3v) is 2.70. The molecule has 0 fully saturated rings. The van der Waals surface area contributed by atoms with E-state index in [-0.39, 0.29) is 21.9 Å². The van der Waals surface area contributed by atoms with Crippen molar-refractivity contribution in [3.05, 3.63) is 45.7 Å². The van der Waals surface area contributed by atoms with Gasteiger partial charge in [-0.05, 0) is 30.7 Å². The normalized spacial score (nSPS) is 10.6. The molecule has 0 atom stereocenters. The Morgan fingerprint density at radius 2 is 1.65 bits per heavy atom. The van der Waals surface area contributed by atoms with E-state index in [9.17, 15) is 8.78 Å². The van der Waals surface area contributed by atoms with Crippen molar-refractivity contribution in [1.29, 1.82) is 0 Å². The van der Waals surface area contributed by atoms with Gasteiger partial charge in [0.1, 0.15) is 5.82 Å². The Balaban J connectivity index is 2.61. The topological polar surface area (TPSA) is 25.8 Å². The van der Waals surface area contributed by atoms with Crippen LogP contribution in [-0.4, -0.2) is 9.97 Å². The molecule has 0 saturated heterocycles. The fourth-order valence-electron chi connectivity index (χ4n) is 1.39. The first-order chi connectivity index (χ1) is 7.99. The Hall–Kier alpha value is -1.26. The Morgan fingerprint density at radius 1 is 1.06 bits per heavy atom. The Labute approximate surface area is 106 Å². The molecule has 0 N–H and O–H groups in total. The summed E-state index contributed by atoms with van der Waals surface area (Å²) in [7, 11) is 0. The van der Waals surface area contributed by atoms with Crippen LogP contribution in [0.15, 0.2) is 18.2 Å². The quantitative estimate of drug-likeness (QED) is 0.734. The smallest absolute Gasteiger partial charge is 0.197 e. The van der Waals surface area contributed by atoms with Crippen molar-refractivity contribution in [2.45, 2.75) is 6.92 Å². The molecule has 0 radical (unpaired) electrons. The molecule has 88 valence electrons. The number of nitrogens with zero attached hydrogens (tertiary/aromatic N) is 2. The zero-order valence-electron chi connectivity index (χ0n) is 8.64. The molecule has 1 aromatic heterocycles. The van der Waals surface area contributed by atoms with Crippen LogP contribution in [0.1, 0.15) is 5.56 Å². The predicted octanol–water partition coefficient (Wildman–Crippen LogP) is 4.04. The van der Waals surface area contributed by atoms with Gasteiger partial charge in [0.2, 0.25) is 0 Å². The highest BCUT2D eigenvalue weighted by Crippen LogP contribution is 2.26.